The number of halogens is 5. The van der Waals surface area contributed by atoms with Crippen LogP contribution in [0.2, 0.25) is 0 Å². The van der Waals surface area contributed by atoms with Gasteiger partial charge in [0.1, 0.15) is 5.69 Å². The summed E-state index contributed by atoms with van der Waals surface area (Å²) >= 11 is 0. The first-order chi connectivity index (χ1) is 9.95. The molecule has 0 aliphatic carbocycles. The summed E-state index contributed by atoms with van der Waals surface area (Å²) in [4.78, 5) is 0. The molecule has 2 nitrogen and oxygen atoms in total. The van der Waals surface area contributed by atoms with E-state index >= 15 is 0 Å². The number of hydrogen-bond donors (Lipinski definition) is 1. The highest BCUT2D eigenvalue weighted by Crippen LogP contribution is 2.27. The molecule has 21 heavy (non-hydrogen) atoms. The minimum Gasteiger partial charge on any atom is -0.376 e. The second kappa shape index (κ2) is 5.79. The van der Waals surface area contributed by atoms with E-state index in [0.717, 1.165) is 0 Å². The molecule has 1 N–H and O–H groups in total. The molecule has 7 heteroatoms. The van der Waals surface area contributed by atoms with Crippen molar-refractivity contribution >= 4 is 5.69 Å². The van der Waals surface area contributed by atoms with Crippen LogP contribution in [0.1, 0.15) is 11.1 Å². The number of nitriles is 1. The van der Waals surface area contributed by atoms with E-state index in [9.17, 15) is 22.0 Å². The van der Waals surface area contributed by atoms with Crippen molar-refractivity contribution in [2.75, 3.05) is 5.32 Å². The van der Waals surface area contributed by atoms with Crippen LogP contribution in [0.25, 0.3) is 0 Å². The molecule has 2 aromatic carbocycles. The molecule has 0 unspecified atom stereocenters. The van der Waals surface area contributed by atoms with Crippen LogP contribution in [-0.4, -0.2) is 0 Å². The van der Waals surface area contributed by atoms with Gasteiger partial charge in [0.2, 0.25) is 5.82 Å². The Bertz CT molecular complexity index is 691. The summed E-state index contributed by atoms with van der Waals surface area (Å²) < 4.78 is 65.6. The highest BCUT2D eigenvalue weighted by Gasteiger charge is 2.25. The Morgan fingerprint density at radius 1 is 0.810 bits per heavy atom. The Labute approximate surface area is 116 Å². The molecular formula is C14H7F5N2. The van der Waals surface area contributed by atoms with E-state index in [-0.39, 0.29) is 6.54 Å². The highest BCUT2D eigenvalue weighted by molar-refractivity contribution is 5.48. The predicted octanol–water partition coefficient (Wildman–Crippen LogP) is 3.87. The maximum Gasteiger partial charge on any atom is 0.200 e. The predicted molar refractivity (Wildman–Crippen MR) is 64.7 cm³/mol. The summed E-state index contributed by atoms with van der Waals surface area (Å²) in [6, 6.07) is 7.82. The van der Waals surface area contributed by atoms with Gasteiger partial charge in [0.15, 0.2) is 23.3 Å². The molecule has 0 bridgehead atoms. The molecule has 0 saturated heterocycles. The fourth-order valence-electron chi connectivity index (χ4n) is 1.65. The first kappa shape index (κ1) is 14.8. The minimum absolute atomic E-state index is 0.163. The SMILES string of the molecule is N#Cc1ccc(CNc2c(F)c(F)c(F)c(F)c2F)cc1. The van der Waals surface area contributed by atoms with Crippen molar-refractivity contribution in [3.05, 3.63) is 64.5 Å². The standard InChI is InChI=1S/C14H7F5N2/c15-9-10(16)12(18)14(13(19)11(9)17)21-6-8-3-1-7(5-20)2-4-8/h1-4,21H,6H2. The Hall–Kier alpha value is -2.62. The molecule has 0 atom stereocenters. The maximum absolute atomic E-state index is 13.4. The van der Waals surface area contributed by atoms with Crippen LogP contribution >= 0.6 is 0 Å². The Balaban J connectivity index is 2.26. The van der Waals surface area contributed by atoms with Crippen molar-refractivity contribution < 1.29 is 22.0 Å². The topological polar surface area (TPSA) is 35.8 Å². The van der Waals surface area contributed by atoms with Gasteiger partial charge < -0.3 is 5.32 Å². The lowest BCUT2D eigenvalue weighted by Crippen LogP contribution is -2.09. The monoisotopic (exact) mass is 298 g/mol. The van der Waals surface area contributed by atoms with Gasteiger partial charge in [-0.3, -0.25) is 0 Å². The van der Waals surface area contributed by atoms with Gasteiger partial charge in [-0.15, -0.1) is 0 Å². The van der Waals surface area contributed by atoms with Gasteiger partial charge in [0.25, 0.3) is 0 Å². The third-order valence-corrected chi connectivity index (χ3v) is 2.76. The summed E-state index contributed by atoms with van der Waals surface area (Å²) in [5, 5.41) is 10.8. The molecule has 0 heterocycles. The zero-order valence-electron chi connectivity index (χ0n) is 10.4. The number of benzene rings is 2. The van der Waals surface area contributed by atoms with Crippen LogP contribution in [0.5, 0.6) is 0 Å². The Kier molecular flexibility index (Phi) is 4.08. The van der Waals surface area contributed by atoms with Crippen LogP contribution in [0.4, 0.5) is 27.6 Å². The highest BCUT2D eigenvalue weighted by atomic mass is 19.2. The van der Waals surface area contributed by atoms with E-state index in [0.29, 0.717) is 11.1 Å². The molecular weight excluding hydrogens is 291 g/mol. The van der Waals surface area contributed by atoms with Crippen molar-refractivity contribution in [1.82, 2.24) is 0 Å². The summed E-state index contributed by atoms with van der Waals surface area (Å²) in [6.07, 6.45) is 0. The van der Waals surface area contributed by atoms with Gasteiger partial charge in [0.05, 0.1) is 11.6 Å². The molecule has 0 amide bonds. The van der Waals surface area contributed by atoms with E-state index in [1.54, 1.807) is 0 Å². The summed E-state index contributed by atoms with van der Waals surface area (Å²) in [5.41, 5.74) is -0.191. The molecule has 0 spiro atoms. The van der Waals surface area contributed by atoms with Gasteiger partial charge in [0, 0.05) is 6.54 Å². The van der Waals surface area contributed by atoms with Gasteiger partial charge in [-0.1, -0.05) is 12.1 Å². The average Bonchev–Trinajstić information content (AvgIpc) is 2.51. The van der Waals surface area contributed by atoms with Crippen LogP contribution in [0.3, 0.4) is 0 Å². The molecule has 0 aliphatic heterocycles. The van der Waals surface area contributed by atoms with E-state index < -0.39 is 34.8 Å². The fourth-order valence-corrected chi connectivity index (χ4v) is 1.65. The van der Waals surface area contributed by atoms with E-state index in [4.69, 9.17) is 5.26 Å². The molecule has 0 saturated carbocycles. The quantitative estimate of drug-likeness (QED) is 0.530. The summed E-state index contributed by atoms with van der Waals surface area (Å²) in [7, 11) is 0. The minimum atomic E-state index is -2.20. The van der Waals surface area contributed by atoms with Crippen molar-refractivity contribution in [2.45, 2.75) is 6.54 Å². The van der Waals surface area contributed by atoms with Crippen LogP contribution in [-0.2, 0) is 6.54 Å². The van der Waals surface area contributed by atoms with E-state index in [2.05, 4.69) is 5.32 Å². The number of nitrogens with zero attached hydrogens (tertiary/aromatic N) is 1. The lowest BCUT2D eigenvalue weighted by Gasteiger charge is -2.10. The summed E-state index contributed by atoms with van der Waals surface area (Å²) in [6.45, 7) is -0.163. The van der Waals surface area contributed by atoms with E-state index in [1.807, 2.05) is 6.07 Å². The fraction of sp³-hybridized carbons (Fsp3) is 0.0714. The third kappa shape index (κ3) is 2.79. The van der Waals surface area contributed by atoms with Gasteiger partial charge >= 0.3 is 0 Å². The average molecular weight is 298 g/mol. The first-order valence-electron chi connectivity index (χ1n) is 5.70. The Morgan fingerprint density at radius 2 is 1.29 bits per heavy atom. The molecule has 0 aromatic heterocycles. The van der Waals surface area contributed by atoms with Crippen molar-refractivity contribution in [1.29, 1.82) is 5.26 Å². The first-order valence-corrected chi connectivity index (χ1v) is 5.70. The summed E-state index contributed by atoms with van der Waals surface area (Å²) in [5.74, 6) is -10.0. The number of hydrogen-bond acceptors (Lipinski definition) is 2. The zero-order valence-corrected chi connectivity index (χ0v) is 10.4. The van der Waals surface area contributed by atoms with Crippen LogP contribution in [0.15, 0.2) is 24.3 Å². The lowest BCUT2D eigenvalue weighted by molar-refractivity contribution is 0.381. The van der Waals surface area contributed by atoms with Crippen molar-refractivity contribution in [3.8, 4) is 6.07 Å². The zero-order chi connectivity index (χ0) is 15.6. The molecule has 0 fully saturated rings. The largest absolute Gasteiger partial charge is 0.376 e. The van der Waals surface area contributed by atoms with E-state index in [1.165, 1.54) is 24.3 Å². The maximum atomic E-state index is 13.4. The third-order valence-electron chi connectivity index (χ3n) is 2.76. The molecule has 0 aliphatic rings. The smallest absolute Gasteiger partial charge is 0.200 e. The normalized spacial score (nSPS) is 10.3. The van der Waals surface area contributed by atoms with Gasteiger partial charge in [-0.05, 0) is 17.7 Å². The Morgan fingerprint density at radius 3 is 1.76 bits per heavy atom. The van der Waals surface area contributed by atoms with Gasteiger partial charge in [-0.2, -0.15) is 5.26 Å². The van der Waals surface area contributed by atoms with Crippen LogP contribution in [0, 0.1) is 40.4 Å². The molecule has 2 aromatic rings. The van der Waals surface area contributed by atoms with Crippen molar-refractivity contribution in [2.24, 2.45) is 0 Å². The molecule has 2 rings (SSSR count). The van der Waals surface area contributed by atoms with Crippen molar-refractivity contribution in [3.63, 3.8) is 0 Å². The lowest BCUT2D eigenvalue weighted by atomic mass is 10.1. The molecule has 0 radical (unpaired) electrons. The second-order valence-corrected chi connectivity index (χ2v) is 4.11. The number of nitrogens with one attached hydrogen (secondary N) is 1. The number of rotatable bonds is 3. The van der Waals surface area contributed by atoms with Crippen LogP contribution < -0.4 is 5.32 Å². The number of anilines is 1. The van der Waals surface area contributed by atoms with Gasteiger partial charge in [-0.25, -0.2) is 22.0 Å². The molecule has 108 valence electrons. The second-order valence-electron chi connectivity index (χ2n) is 4.11.